The first kappa shape index (κ1) is 86.1. The van der Waals surface area contributed by atoms with Gasteiger partial charge in [-0.1, -0.05) is 298 Å². The second-order valence-electron chi connectivity index (χ2n) is 25.4. The standard InChI is InChI=1S/C69H134O17P2/c1-7-11-13-15-17-18-19-20-21-22-23-28-35-41-47-53-68(73)85-65(58-80-67(72)52-46-40-34-27-25-24-26-32-37-43-49-61(5)9-3)60-84-88(77,78)82-56-63(70)55-81-87(75,76)83-59-64(57-79-66(71)51-45-39-31-16-14-12-8-2)86-69(74)54-48-42-36-30-29-33-38-44-50-62(6)10-4/h61-65,70H,7-60H2,1-6H3,(H,75,76)(H,77,78)/t61?,62?,63-,64+,65+/m0/s1. The summed E-state index contributed by atoms with van der Waals surface area (Å²) >= 11 is 0. The van der Waals surface area contributed by atoms with E-state index in [1.54, 1.807) is 0 Å². The molecular formula is C69H134O17P2. The molecule has 0 aliphatic carbocycles. The van der Waals surface area contributed by atoms with Crippen LogP contribution >= 0.6 is 15.6 Å². The Hall–Kier alpha value is -1.94. The number of hydrogen-bond donors (Lipinski definition) is 3. The van der Waals surface area contributed by atoms with Crippen molar-refractivity contribution in [3.05, 3.63) is 0 Å². The molecule has 0 amide bonds. The molecule has 3 N–H and O–H groups in total. The fraction of sp³-hybridized carbons (Fsp3) is 0.942. The summed E-state index contributed by atoms with van der Waals surface area (Å²) in [5.74, 6) is -0.550. The van der Waals surface area contributed by atoms with E-state index in [-0.39, 0.29) is 25.7 Å². The van der Waals surface area contributed by atoms with Crippen LogP contribution in [0.2, 0.25) is 0 Å². The lowest BCUT2D eigenvalue weighted by molar-refractivity contribution is -0.161. The molecule has 19 heteroatoms. The molecule has 0 rings (SSSR count). The van der Waals surface area contributed by atoms with Crippen LogP contribution in [0, 0.1) is 11.8 Å². The van der Waals surface area contributed by atoms with E-state index in [1.807, 2.05) is 0 Å². The van der Waals surface area contributed by atoms with Gasteiger partial charge in [0.15, 0.2) is 12.2 Å². The van der Waals surface area contributed by atoms with E-state index >= 15 is 0 Å². The van der Waals surface area contributed by atoms with Gasteiger partial charge < -0.3 is 33.8 Å². The van der Waals surface area contributed by atoms with E-state index in [0.717, 1.165) is 115 Å². The number of esters is 4. The molecule has 0 fully saturated rings. The molecule has 0 aromatic heterocycles. The fourth-order valence-corrected chi connectivity index (χ4v) is 11.9. The SMILES string of the molecule is CCCCCCCCCCCCCCCCCC(=O)O[C@H](COC(=O)CCCCCCCCCCCCC(C)CC)COP(=O)(O)OC[C@@H](O)COP(=O)(O)OC[C@@H](COC(=O)CCCCCCCCC)OC(=O)CCCCCCCCCCC(C)CC. The summed E-state index contributed by atoms with van der Waals surface area (Å²) < 4.78 is 68.2. The van der Waals surface area contributed by atoms with Crippen LogP contribution in [0.4, 0.5) is 0 Å². The molecular weight excluding hydrogens is 1160 g/mol. The van der Waals surface area contributed by atoms with Gasteiger partial charge in [-0.2, -0.15) is 0 Å². The lowest BCUT2D eigenvalue weighted by atomic mass is 9.99. The fourth-order valence-electron chi connectivity index (χ4n) is 10.4. The van der Waals surface area contributed by atoms with Crippen molar-refractivity contribution in [2.24, 2.45) is 11.8 Å². The maximum absolute atomic E-state index is 13.0. The number of hydrogen-bond acceptors (Lipinski definition) is 15. The molecule has 0 radical (unpaired) electrons. The lowest BCUT2D eigenvalue weighted by Gasteiger charge is -2.21. The Labute approximate surface area is 537 Å². The third kappa shape index (κ3) is 60.3. The average Bonchev–Trinajstić information content (AvgIpc) is 3.72. The third-order valence-electron chi connectivity index (χ3n) is 16.7. The van der Waals surface area contributed by atoms with Crippen LogP contribution in [0.5, 0.6) is 0 Å². The number of aliphatic hydroxyl groups is 1. The maximum atomic E-state index is 13.0. The van der Waals surface area contributed by atoms with Crippen LogP contribution < -0.4 is 0 Å². The van der Waals surface area contributed by atoms with Gasteiger partial charge in [-0.15, -0.1) is 0 Å². The molecule has 0 spiro atoms. The lowest BCUT2D eigenvalue weighted by Crippen LogP contribution is -2.30. The topological polar surface area (TPSA) is 237 Å². The summed E-state index contributed by atoms with van der Waals surface area (Å²) in [5, 5.41) is 10.6. The van der Waals surface area contributed by atoms with Crippen molar-refractivity contribution >= 4 is 39.5 Å². The summed E-state index contributed by atoms with van der Waals surface area (Å²) in [7, 11) is -9.89. The number of rotatable bonds is 68. The first-order valence-corrected chi connectivity index (χ1v) is 39.1. The summed E-state index contributed by atoms with van der Waals surface area (Å²) in [6, 6.07) is 0. The highest BCUT2D eigenvalue weighted by atomic mass is 31.2. The number of carbonyl (C=O) groups is 4. The zero-order valence-corrected chi connectivity index (χ0v) is 58.8. The van der Waals surface area contributed by atoms with Crippen molar-refractivity contribution < 1.29 is 80.2 Å². The Bertz CT molecular complexity index is 1720. The van der Waals surface area contributed by atoms with Crippen LogP contribution in [0.3, 0.4) is 0 Å². The molecule has 7 atom stereocenters. The van der Waals surface area contributed by atoms with Crippen LogP contribution in [-0.2, 0) is 65.4 Å². The van der Waals surface area contributed by atoms with E-state index in [1.165, 1.54) is 154 Å². The summed E-state index contributed by atoms with van der Waals surface area (Å²) in [6.45, 7) is 9.53. The molecule has 88 heavy (non-hydrogen) atoms. The smallest absolute Gasteiger partial charge is 0.462 e. The van der Waals surface area contributed by atoms with Crippen LogP contribution in [0.25, 0.3) is 0 Å². The van der Waals surface area contributed by atoms with Gasteiger partial charge in [0.1, 0.15) is 19.3 Å². The number of aliphatic hydroxyl groups excluding tert-OH is 1. The summed E-state index contributed by atoms with van der Waals surface area (Å²) in [6.07, 6.45) is 45.7. The van der Waals surface area contributed by atoms with Gasteiger partial charge in [0.05, 0.1) is 26.4 Å². The van der Waals surface area contributed by atoms with E-state index in [9.17, 15) is 43.2 Å². The predicted octanol–water partition coefficient (Wildman–Crippen LogP) is 19.6. The van der Waals surface area contributed by atoms with Gasteiger partial charge >= 0.3 is 39.5 Å². The Morgan fingerprint density at radius 3 is 0.807 bits per heavy atom. The Kier molecular flexibility index (Phi) is 59.9. The highest BCUT2D eigenvalue weighted by molar-refractivity contribution is 7.47. The second kappa shape index (κ2) is 61.3. The first-order chi connectivity index (χ1) is 42.4. The Balaban J connectivity index is 5.22. The highest BCUT2D eigenvalue weighted by Gasteiger charge is 2.30. The number of phosphoric ester groups is 2. The van der Waals surface area contributed by atoms with Gasteiger partial charge in [0.2, 0.25) is 0 Å². The monoisotopic (exact) mass is 1300 g/mol. The van der Waals surface area contributed by atoms with Crippen LogP contribution in [-0.4, -0.2) is 96.7 Å². The molecule has 0 saturated heterocycles. The number of phosphoric acid groups is 2. The van der Waals surface area contributed by atoms with Gasteiger partial charge in [-0.25, -0.2) is 9.13 Å². The van der Waals surface area contributed by atoms with Crippen molar-refractivity contribution in [1.82, 2.24) is 0 Å². The van der Waals surface area contributed by atoms with Crippen molar-refractivity contribution in [2.45, 2.75) is 368 Å². The van der Waals surface area contributed by atoms with Gasteiger partial charge in [0.25, 0.3) is 0 Å². The normalized spacial score (nSPS) is 14.8. The van der Waals surface area contributed by atoms with Crippen LogP contribution in [0.1, 0.15) is 350 Å². The van der Waals surface area contributed by atoms with E-state index in [4.69, 9.17) is 37.0 Å². The minimum Gasteiger partial charge on any atom is -0.462 e. The number of unbranched alkanes of at least 4 members (excludes halogenated alkanes) is 36. The molecule has 0 aromatic carbocycles. The molecule has 0 saturated carbocycles. The predicted molar refractivity (Wildman–Crippen MR) is 354 cm³/mol. The third-order valence-corrected chi connectivity index (χ3v) is 18.6. The highest BCUT2D eigenvalue weighted by Crippen LogP contribution is 2.45. The van der Waals surface area contributed by atoms with Crippen molar-refractivity contribution in [1.29, 1.82) is 0 Å². The molecule has 0 aliphatic rings. The summed E-state index contributed by atoms with van der Waals surface area (Å²) in [5.41, 5.74) is 0. The molecule has 522 valence electrons. The largest absolute Gasteiger partial charge is 0.472 e. The Morgan fingerprint density at radius 1 is 0.318 bits per heavy atom. The molecule has 17 nitrogen and oxygen atoms in total. The maximum Gasteiger partial charge on any atom is 0.472 e. The number of ether oxygens (including phenoxy) is 4. The van der Waals surface area contributed by atoms with E-state index in [0.29, 0.717) is 25.7 Å². The van der Waals surface area contributed by atoms with Gasteiger partial charge in [0, 0.05) is 25.7 Å². The molecule has 0 bridgehead atoms. The number of carbonyl (C=O) groups excluding carboxylic acids is 4. The molecule has 0 aromatic rings. The zero-order chi connectivity index (χ0) is 65.0. The van der Waals surface area contributed by atoms with Crippen molar-refractivity contribution in [3.8, 4) is 0 Å². The van der Waals surface area contributed by atoms with E-state index in [2.05, 4.69) is 41.5 Å². The minimum absolute atomic E-state index is 0.105. The van der Waals surface area contributed by atoms with Gasteiger partial charge in [-0.05, 0) is 37.5 Å². The molecule has 0 heterocycles. The average molecular weight is 1300 g/mol. The van der Waals surface area contributed by atoms with Gasteiger partial charge in [-0.3, -0.25) is 37.3 Å². The van der Waals surface area contributed by atoms with Crippen LogP contribution in [0.15, 0.2) is 0 Å². The zero-order valence-electron chi connectivity index (χ0n) is 57.0. The van der Waals surface area contributed by atoms with E-state index < -0.39 is 97.5 Å². The second-order valence-corrected chi connectivity index (χ2v) is 28.3. The molecule has 4 unspecified atom stereocenters. The van der Waals surface area contributed by atoms with Crippen molar-refractivity contribution in [2.75, 3.05) is 39.6 Å². The first-order valence-electron chi connectivity index (χ1n) is 36.1. The minimum atomic E-state index is -4.95. The Morgan fingerprint density at radius 2 is 0.545 bits per heavy atom. The molecule has 0 aliphatic heterocycles. The quantitative estimate of drug-likeness (QED) is 0.0222. The summed E-state index contributed by atoms with van der Waals surface area (Å²) in [4.78, 5) is 72.4. The van der Waals surface area contributed by atoms with Crippen molar-refractivity contribution in [3.63, 3.8) is 0 Å².